The fourth-order valence-corrected chi connectivity index (χ4v) is 1.21. The van der Waals surface area contributed by atoms with E-state index >= 15 is 0 Å². The lowest BCUT2D eigenvalue weighted by atomic mass is 10.2. The zero-order valence-corrected chi connectivity index (χ0v) is 6.71. The first-order valence-electron chi connectivity index (χ1n) is 3.10. The zero-order valence-electron chi connectivity index (χ0n) is 5.89. The van der Waals surface area contributed by atoms with Crippen molar-refractivity contribution < 1.29 is 0 Å². The zero-order chi connectivity index (χ0) is 7.11. The fraction of sp³-hybridized carbons (Fsp3) is 0.625. The molecule has 0 bridgehead atoms. The molecule has 0 nitrogen and oxygen atoms in total. The molecule has 0 fully saturated rings. The van der Waals surface area contributed by atoms with Crippen LogP contribution in [0.25, 0.3) is 0 Å². The van der Waals surface area contributed by atoms with Crippen LogP contribution in [0.5, 0.6) is 0 Å². The summed E-state index contributed by atoms with van der Waals surface area (Å²) < 4.78 is 0. The highest BCUT2D eigenvalue weighted by Gasteiger charge is 2.00. The SMILES string of the molecule is C#CCCC(C[CH2])SC. The molecule has 0 rings (SSSR count). The number of thioether (sulfide) groups is 1. The van der Waals surface area contributed by atoms with Gasteiger partial charge in [0, 0.05) is 11.7 Å². The third-order valence-electron chi connectivity index (χ3n) is 1.27. The maximum Gasteiger partial charge on any atom is 0.00965 e. The molecule has 1 unspecified atom stereocenters. The molecule has 0 N–H and O–H groups in total. The molecule has 0 aliphatic heterocycles. The van der Waals surface area contributed by atoms with E-state index in [1.165, 1.54) is 0 Å². The number of rotatable bonds is 4. The second kappa shape index (κ2) is 6.04. The highest BCUT2D eigenvalue weighted by molar-refractivity contribution is 7.99. The third kappa shape index (κ3) is 4.42. The summed E-state index contributed by atoms with van der Waals surface area (Å²) in [6.45, 7) is 3.82. The van der Waals surface area contributed by atoms with Gasteiger partial charge < -0.3 is 0 Å². The maximum absolute atomic E-state index is 5.11. The third-order valence-corrected chi connectivity index (χ3v) is 2.40. The van der Waals surface area contributed by atoms with E-state index in [1.54, 1.807) is 0 Å². The van der Waals surface area contributed by atoms with Crippen LogP contribution >= 0.6 is 11.8 Å². The van der Waals surface area contributed by atoms with Crippen LogP contribution in [0.15, 0.2) is 0 Å². The predicted octanol–water partition coefficient (Wildman–Crippen LogP) is 2.36. The van der Waals surface area contributed by atoms with E-state index in [4.69, 9.17) is 6.42 Å². The molecule has 0 aromatic heterocycles. The molecule has 0 saturated carbocycles. The number of hydrogen-bond donors (Lipinski definition) is 0. The van der Waals surface area contributed by atoms with Crippen molar-refractivity contribution in [3.63, 3.8) is 0 Å². The van der Waals surface area contributed by atoms with Crippen molar-refractivity contribution in [2.24, 2.45) is 0 Å². The summed E-state index contributed by atoms with van der Waals surface area (Å²) in [6, 6.07) is 0. The molecule has 1 radical (unpaired) electrons. The molecule has 0 aliphatic carbocycles. The van der Waals surface area contributed by atoms with E-state index in [2.05, 4.69) is 19.1 Å². The Balaban J connectivity index is 3.22. The predicted molar refractivity (Wildman–Crippen MR) is 45.3 cm³/mol. The van der Waals surface area contributed by atoms with Crippen molar-refractivity contribution in [3.8, 4) is 12.3 Å². The van der Waals surface area contributed by atoms with Gasteiger partial charge in [0.1, 0.15) is 0 Å². The van der Waals surface area contributed by atoms with E-state index in [1.807, 2.05) is 11.8 Å². The van der Waals surface area contributed by atoms with Crippen molar-refractivity contribution in [1.29, 1.82) is 0 Å². The molecule has 51 valence electrons. The van der Waals surface area contributed by atoms with Gasteiger partial charge in [0.15, 0.2) is 0 Å². The van der Waals surface area contributed by atoms with E-state index in [-0.39, 0.29) is 0 Å². The smallest absolute Gasteiger partial charge is 0.00965 e. The average molecular weight is 141 g/mol. The summed E-state index contributed by atoms with van der Waals surface area (Å²) in [6.07, 6.45) is 10.2. The Kier molecular flexibility index (Phi) is 5.98. The molecule has 0 aromatic carbocycles. The Morgan fingerprint density at radius 2 is 2.44 bits per heavy atom. The van der Waals surface area contributed by atoms with Gasteiger partial charge in [0.2, 0.25) is 0 Å². The van der Waals surface area contributed by atoms with Gasteiger partial charge in [-0.15, -0.1) is 12.3 Å². The molecule has 0 aromatic rings. The Morgan fingerprint density at radius 3 is 2.78 bits per heavy atom. The summed E-state index contributed by atoms with van der Waals surface area (Å²) in [4.78, 5) is 0. The van der Waals surface area contributed by atoms with Gasteiger partial charge in [-0.25, -0.2) is 0 Å². The van der Waals surface area contributed by atoms with Gasteiger partial charge in [-0.2, -0.15) is 11.8 Å². The van der Waals surface area contributed by atoms with Gasteiger partial charge >= 0.3 is 0 Å². The lowest BCUT2D eigenvalue weighted by molar-refractivity contribution is 0.792. The van der Waals surface area contributed by atoms with Crippen molar-refractivity contribution in [3.05, 3.63) is 6.92 Å². The molecule has 0 spiro atoms. The highest BCUT2D eigenvalue weighted by atomic mass is 32.2. The van der Waals surface area contributed by atoms with Gasteiger partial charge in [-0.3, -0.25) is 0 Å². The van der Waals surface area contributed by atoms with Gasteiger partial charge in [-0.05, 0) is 19.1 Å². The standard InChI is InChI=1S/C8H13S/c1-4-6-7-8(5-2)9-3/h1,8H,2,5-7H2,3H3. The van der Waals surface area contributed by atoms with Crippen molar-refractivity contribution in [2.45, 2.75) is 24.5 Å². The van der Waals surface area contributed by atoms with Crippen molar-refractivity contribution in [1.82, 2.24) is 0 Å². The Bertz CT molecular complexity index is 87.2. The first-order valence-corrected chi connectivity index (χ1v) is 4.39. The van der Waals surface area contributed by atoms with E-state index in [0.717, 1.165) is 19.3 Å². The number of terminal acetylenes is 1. The summed E-state index contributed by atoms with van der Waals surface area (Å²) in [5.41, 5.74) is 0. The van der Waals surface area contributed by atoms with Gasteiger partial charge in [-0.1, -0.05) is 6.92 Å². The first kappa shape index (κ1) is 8.91. The molecule has 1 atom stereocenters. The largest absolute Gasteiger partial charge is 0.162 e. The normalized spacial score (nSPS) is 12.6. The van der Waals surface area contributed by atoms with Crippen LogP contribution in [0.4, 0.5) is 0 Å². The highest BCUT2D eigenvalue weighted by Crippen LogP contribution is 2.15. The quantitative estimate of drug-likeness (QED) is 0.542. The minimum absolute atomic E-state index is 0.668. The summed E-state index contributed by atoms with van der Waals surface area (Å²) in [5.74, 6) is 2.63. The van der Waals surface area contributed by atoms with E-state index in [0.29, 0.717) is 5.25 Å². The van der Waals surface area contributed by atoms with E-state index in [9.17, 15) is 0 Å². The summed E-state index contributed by atoms with van der Waals surface area (Å²) in [7, 11) is 0. The van der Waals surface area contributed by atoms with Crippen LogP contribution in [0.3, 0.4) is 0 Å². The molecule has 0 aliphatic rings. The molecular weight excluding hydrogens is 128 g/mol. The molecular formula is C8H13S. The molecule has 1 heteroatoms. The van der Waals surface area contributed by atoms with E-state index < -0.39 is 0 Å². The van der Waals surface area contributed by atoms with Crippen LogP contribution in [0.1, 0.15) is 19.3 Å². The van der Waals surface area contributed by atoms with Crippen LogP contribution in [-0.4, -0.2) is 11.5 Å². The van der Waals surface area contributed by atoms with Crippen LogP contribution in [0.2, 0.25) is 0 Å². The first-order chi connectivity index (χ1) is 4.35. The summed E-state index contributed by atoms with van der Waals surface area (Å²) in [5, 5.41) is 0.668. The van der Waals surface area contributed by atoms with Crippen LogP contribution < -0.4 is 0 Å². The Labute approximate surface area is 62.4 Å². The lowest BCUT2D eigenvalue weighted by Crippen LogP contribution is -1.98. The molecule has 0 heterocycles. The van der Waals surface area contributed by atoms with Gasteiger partial charge in [0.25, 0.3) is 0 Å². The van der Waals surface area contributed by atoms with Gasteiger partial charge in [0.05, 0.1) is 0 Å². The van der Waals surface area contributed by atoms with Crippen LogP contribution in [-0.2, 0) is 0 Å². The maximum atomic E-state index is 5.11. The molecule has 0 amide bonds. The van der Waals surface area contributed by atoms with Crippen molar-refractivity contribution >= 4 is 11.8 Å². The monoisotopic (exact) mass is 141 g/mol. The van der Waals surface area contributed by atoms with Crippen LogP contribution in [0, 0.1) is 19.3 Å². The minimum Gasteiger partial charge on any atom is -0.162 e. The fourth-order valence-electron chi connectivity index (χ4n) is 0.624. The Hall–Kier alpha value is -0.0900. The second-order valence-electron chi connectivity index (χ2n) is 1.89. The van der Waals surface area contributed by atoms with Crippen molar-refractivity contribution in [2.75, 3.05) is 6.26 Å². The molecule has 0 saturated heterocycles. The minimum atomic E-state index is 0.668. The summed E-state index contributed by atoms with van der Waals surface area (Å²) >= 11 is 1.85. The second-order valence-corrected chi connectivity index (χ2v) is 3.03. The average Bonchev–Trinajstić information content (AvgIpc) is 1.91. The topological polar surface area (TPSA) is 0 Å². The lowest BCUT2D eigenvalue weighted by Gasteiger charge is -2.07. The molecule has 9 heavy (non-hydrogen) atoms. The number of hydrogen-bond acceptors (Lipinski definition) is 1. The Morgan fingerprint density at radius 1 is 1.78 bits per heavy atom.